The van der Waals surface area contributed by atoms with Crippen LogP contribution in [-0.4, -0.2) is 34.2 Å². The molecule has 1 saturated heterocycles. The van der Waals surface area contributed by atoms with Gasteiger partial charge in [0.25, 0.3) is 11.5 Å². The monoisotopic (exact) mass is 370 g/mol. The van der Waals surface area contributed by atoms with Gasteiger partial charge in [0, 0.05) is 41.1 Å². The molecule has 1 fully saturated rings. The fourth-order valence-electron chi connectivity index (χ4n) is 4.07. The number of aromatic amines is 1. The second-order valence-electron chi connectivity index (χ2n) is 7.29. The van der Waals surface area contributed by atoms with E-state index in [-0.39, 0.29) is 34.8 Å². The van der Waals surface area contributed by atoms with Gasteiger partial charge in [-0.3, -0.25) is 14.4 Å². The van der Waals surface area contributed by atoms with Crippen LogP contribution in [0.4, 0.5) is 0 Å². The van der Waals surface area contributed by atoms with E-state index in [4.69, 9.17) is 0 Å². The molecular weight excluding hydrogens is 348 g/mol. The van der Waals surface area contributed by atoms with Crippen molar-refractivity contribution in [2.24, 2.45) is 0 Å². The van der Waals surface area contributed by atoms with Gasteiger partial charge < -0.3 is 9.88 Å². The molecule has 0 spiro atoms. The van der Waals surface area contributed by atoms with Gasteiger partial charge in [-0.05, 0) is 50.1 Å². The zero-order valence-electron chi connectivity index (χ0n) is 14.8. The van der Waals surface area contributed by atoms with E-state index in [1.165, 1.54) is 6.07 Å². The van der Waals surface area contributed by atoms with E-state index in [1.54, 1.807) is 16.2 Å². The van der Waals surface area contributed by atoms with Crippen molar-refractivity contribution in [3.05, 3.63) is 55.6 Å². The number of H-pyrrole nitrogens is 1. The highest BCUT2D eigenvalue weighted by atomic mass is 32.1. The number of thiophene rings is 1. The Morgan fingerprint density at radius 1 is 1.27 bits per heavy atom. The number of amides is 1. The number of fused-ring (bicyclic) bond motifs is 1. The summed E-state index contributed by atoms with van der Waals surface area (Å²) in [6, 6.07) is 5.67. The van der Waals surface area contributed by atoms with Crippen LogP contribution in [0.15, 0.2) is 28.4 Å². The summed E-state index contributed by atoms with van der Waals surface area (Å²) in [7, 11) is 0. The van der Waals surface area contributed by atoms with E-state index in [9.17, 15) is 14.4 Å². The first kappa shape index (κ1) is 17.2. The summed E-state index contributed by atoms with van der Waals surface area (Å²) in [4.78, 5) is 43.9. The van der Waals surface area contributed by atoms with Crippen molar-refractivity contribution in [3.8, 4) is 0 Å². The second kappa shape index (κ2) is 6.83. The second-order valence-corrected chi connectivity index (χ2v) is 8.27. The number of aromatic nitrogens is 1. The summed E-state index contributed by atoms with van der Waals surface area (Å²) >= 11 is 1.63. The Bertz CT molecular complexity index is 900. The first-order valence-corrected chi connectivity index (χ1v) is 10.1. The molecule has 1 amide bonds. The van der Waals surface area contributed by atoms with E-state index in [1.807, 2.05) is 24.4 Å². The summed E-state index contributed by atoms with van der Waals surface area (Å²) in [5.41, 5.74) is 0.880. The Balaban J connectivity index is 1.66. The molecule has 136 valence electrons. The lowest BCUT2D eigenvalue weighted by atomic mass is 9.84. The van der Waals surface area contributed by atoms with Gasteiger partial charge in [0.05, 0.1) is 0 Å². The molecule has 2 aromatic heterocycles. The van der Waals surface area contributed by atoms with E-state index in [2.05, 4.69) is 4.98 Å². The number of nitrogens with one attached hydrogen (secondary N) is 1. The lowest BCUT2D eigenvalue weighted by Crippen LogP contribution is -2.44. The number of Topliss-reactive ketones (excluding diaryl/α,β-unsaturated/α-hetero) is 1. The van der Waals surface area contributed by atoms with E-state index < -0.39 is 0 Å². The van der Waals surface area contributed by atoms with Crippen molar-refractivity contribution < 1.29 is 9.59 Å². The average molecular weight is 370 g/mol. The molecular formula is C20H22N2O3S. The third-order valence-electron chi connectivity index (χ3n) is 5.55. The molecule has 1 N–H and O–H groups in total. The maximum atomic E-state index is 12.9. The Kier molecular flexibility index (Phi) is 4.53. The summed E-state index contributed by atoms with van der Waals surface area (Å²) in [6.07, 6.45) is 4.07. The summed E-state index contributed by atoms with van der Waals surface area (Å²) in [6.45, 7) is 2.69. The van der Waals surface area contributed by atoms with Gasteiger partial charge in [0.1, 0.15) is 5.56 Å². The van der Waals surface area contributed by atoms with Gasteiger partial charge in [-0.25, -0.2) is 0 Å². The predicted molar refractivity (Wildman–Crippen MR) is 101 cm³/mol. The Morgan fingerprint density at radius 2 is 2.12 bits per heavy atom. The van der Waals surface area contributed by atoms with Crippen LogP contribution in [-0.2, 0) is 6.42 Å². The third-order valence-corrected chi connectivity index (χ3v) is 6.58. The normalized spacial score (nSPS) is 23.0. The summed E-state index contributed by atoms with van der Waals surface area (Å²) in [5.74, 6) is -0.148. The minimum Gasteiger partial charge on any atom is -0.336 e. The first-order chi connectivity index (χ1) is 12.5. The average Bonchev–Trinajstić information content (AvgIpc) is 3.15. The molecule has 0 aromatic carbocycles. The lowest BCUT2D eigenvalue weighted by molar-refractivity contribution is 0.0633. The van der Waals surface area contributed by atoms with Gasteiger partial charge in [-0.15, -0.1) is 11.3 Å². The van der Waals surface area contributed by atoms with E-state index in [0.717, 1.165) is 24.1 Å². The number of ketones is 1. The SMILES string of the molecule is CC1CCCCN1C(=O)c1cc2c([nH]c1=O)CC(c1cccs1)CC2=O. The number of piperidine rings is 1. The maximum Gasteiger partial charge on any atom is 0.261 e. The van der Waals surface area contributed by atoms with Crippen molar-refractivity contribution in [2.75, 3.05) is 6.54 Å². The number of carbonyl (C=O) groups is 2. The number of nitrogens with zero attached hydrogens (tertiary/aromatic N) is 1. The van der Waals surface area contributed by atoms with Crippen molar-refractivity contribution in [1.29, 1.82) is 0 Å². The fourth-order valence-corrected chi connectivity index (χ4v) is 4.90. The minimum atomic E-state index is -0.383. The molecule has 1 aliphatic carbocycles. The molecule has 5 nitrogen and oxygen atoms in total. The molecule has 3 heterocycles. The highest BCUT2D eigenvalue weighted by Gasteiger charge is 2.31. The Hall–Kier alpha value is -2.21. The highest BCUT2D eigenvalue weighted by Crippen LogP contribution is 2.34. The van der Waals surface area contributed by atoms with Gasteiger partial charge in [-0.2, -0.15) is 0 Å². The molecule has 2 aliphatic rings. The Labute approximate surface area is 156 Å². The number of likely N-dealkylation sites (tertiary alicyclic amines) is 1. The van der Waals surface area contributed by atoms with Crippen molar-refractivity contribution in [1.82, 2.24) is 9.88 Å². The third kappa shape index (κ3) is 3.03. The lowest BCUT2D eigenvalue weighted by Gasteiger charge is -2.33. The molecule has 6 heteroatoms. The molecule has 26 heavy (non-hydrogen) atoms. The topological polar surface area (TPSA) is 70.2 Å². The zero-order valence-corrected chi connectivity index (χ0v) is 15.6. The molecule has 2 aromatic rings. The first-order valence-electron chi connectivity index (χ1n) is 9.18. The predicted octanol–water partition coefficient (Wildman–Crippen LogP) is 3.36. The zero-order chi connectivity index (χ0) is 18.3. The van der Waals surface area contributed by atoms with Gasteiger partial charge in [-0.1, -0.05) is 6.07 Å². The van der Waals surface area contributed by atoms with E-state index >= 15 is 0 Å². The van der Waals surface area contributed by atoms with Crippen LogP contribution in [0.2, 0.25) is 0 Å². The van der Waals surface area contributed by atoms with Crippen LogP contribution < -0.4 is 5.56 Å². The summed E-state index contributed by atoms with van der Waals surface area (Å²) in [5, 5.41) is 2.00. The molecule has 0 bridgehead atoms. The molecule has 2 unspecified atom stereocenters. The van der Waals surface area contributed by atoms with Crippen molar-refractivity contribution in [3.63, 3.8) is 0 Å². The Morgan fingerprint density at radius 3 is 2.85 bits per heavy atom. The standard InChI is InChI=1S/C20H22N2O3S/c1-12-5-2-3-7-22(12)20(25)15-11-14-16(21-19(15)24)9-13(10-17(14)23)18-6-4-8-26-18/h4,6,8,11-13H,2-3,5,7,9-10H2,1H3,(H,21,24). The van der Waals surface area contributed by atoms with E-state index in [0.29, 0.717) is 30.6 Å². The smallest absolute Gasteiger partial charge is 0.261 e. The number of rotatable bonds is 2. The highest BCUT2D eigenvalue weighted by molar-refractivity contribution is 7.10. The van der Waals surface area contributed by atoms with Crippen LogP contribution in [0.1, 0.15) is 69.8 Å². The number of pyridine rings is 1. The van der Waals surface area contributed by atoms with Crippen LogP contribution in [0, 0.1) is 0 Å². The number of hydrogen-bond donors (Lipinski definition) is 1. The quantitative estimate of drug-likeness (QED) is 0.881. The van der Waals surface area contributed by atoms with Crippen LogP contribution in [0.25, 0.3) is 0 Å². The summed E-state index contributed by atoms with van der Waals surface area (Å²) < 4.78 is 0. The van der Waals surface area contributed by atoms with Crippen LogP contribution >= 0.6 is 11.3 Å². The van der Waals surface area contributed by atoms with Crippen molar-refractivity contribution in [2.45, 2.75) is 51.0 Å². The maximum absolute atomic E-state index is 12.9. The minimum absolute atomic E-state index is 0.00152. The fraction of sp³-hybridized carbons (Fsp3) is 0.450. The van der Waals surface area contributed by atoms with Crippen molar-refractivity contribution >= 4 is 23.0 Å². The molecule has 4 rings (SSSR count). The molecule has 2 atom stereocenters. The van der Waals surface area contributed by atoms with Gasteiger partial charge in [0.2, 0.25) is 0 Å². The number of carbonyl (C=O) groups excluding carboxylic acids is 2. The number of hydrogen-bond acceptors (Lipinski definition) is 4. The van der Waals surface area contributed by atoms with Crippen LogP contribution in [0.3, 0.4) is 0 Å². The molecule has 1 aliphatic heterocycles. The van der Waals surface area contributed by atoms with Crippen LogP contribution in [0.5, 0.6) is 0 Å². The van der Waals surface area contributed by atoms with Gasteiger partial charge in [0.15, 0.2) is 5.78 Å². The molecule has 0 radical (unpaired) electrons. The molecule has 0 saturated carbocycles. The largest absolute Gasteiger partial charge is 0.336 e. The van der Waals surface area contributed by atoms with Gasteiger partial charge >= 0.3 is 0 Å².